The third kappa shape index (κ3) is 2.74. The first-order valence-corrected chi connectivity index (χ1v) is 6.29. The summed E-state index contributed by atoms with van der Waals surface area (Å²) in [7, 11) is 1.89. The number of hydrogen-bond acceptors (Lipinski definition) is 5. The summed E-state index contributed by atoms with van der Waals surface area (Å²) in [5.74, 6) is -0.0300. The number of aromatic carboxylic acids is 1. The van der Waals surface area contributed by atoms with Crippen LogP contribution in [0.3, 0.4) is 0 Å². The van der Waals surface area contributed by atoms with Crippen molar-refractivity contribution in [1.29, 1.82) is 0 Å². The summed E-state index contributed by atoms with van der Waals surface area (Å²) in [6, 6.07) is 3.51. The summed E-state index contributed by atoms with van der Waals surface area (Å²) in [6.07, 6.45) is 1.65. The molecule has 6 nitrogen and oxygen atoms in total. The van der Waals surface area contributed by atoms with E-state index in [2.05, 4.69) is 15.5 Å². The van der Waals surface area contributed by atoms with Crippen LogP contribution in [0.15, 0.2) is 18.5 Å². The Hall–Kier alpha value is -1.73. The van der Waals surface area contributed by atoms with Gasteiger partial charge in [-0.3, -0.25) is 0 Å². The largest absolute Gasteiger partial charge is 0.477 e. The molecule has 0 spiro atoms. The Kier molecular flexibility index (Phi) is 3.73. The predicted octanol–water partition coefficient (Wildman–Crippen LogP) is 1.43. The first kappa shape index (κ1) is 12.7. The average Bonchev–Trinajstić information content (AvgIpc) is 2.94. The van der Waals surface area contributed by atoms with Crippen LogP contribution in [0, 0.1) is 0 Å². The Balaban J connectivity index is 1.95. The van der Waals surface area contributed by atoms with Crippen molar-refractivity contribution in [3.63, 3.8) is 0 Å². The van der Waals surface area contributed by atoms with E-state index < -0.39 is 5.97 Å². The molecule has 2 N–H and O–H groups in total. The lowest BCUT2D eigenvalue weighted by Gasteiger charge is -2.11. The second-order valence-corrected chi connectivity index (χ2v) is 5.14. The number of rotatable bonds is 5. The molecule has 18 heavy (non-hydrogen) atoms. The fourth-order valence-electron chi connectivity index (χ4n) is 1.62. The van der Waals surface area contributed by atoms with Crippen LogP contribution in [-0.2, 0) is 13.6 Å². The van der Waals surface area contributed by atoms with E-state index in [1.165, 1.54) is 11.3 Å². The van der Waals surface area contributed by atoms with Crippen molar-refractivity contribution in [1.82, 2.24) is 20.1 Å². The lowest BCUT2D eigenvalue weighted by atomic mass is 10.3. The van der Waals surface area contributed by atoms with E-state index in [1.807, 2.05) is 24.6 Å². The molecule has 0 radical (unpaired) electrons. The molecular formula is C11H14N4O2S. The fourth-order valence-corrected chi connectivity index (χ4v) is 2.41. The molecule has 0 fully saturated rings. The minimum atomic E-state index is -0.882. The molecule has 0 aliphatic carbocycles. The Bertz CT molecular complexity index is 549. The zero-order valence-corrected chi connectivity index (χ0v) is 10.9. The molecule has 0 saturated heterocycles. The quantitative estimate of drug-likeness (QED) is 0.855. The molecule has 7 heteroatoms. The predicted molar refractivity (Wildman–Crippen MR) is 67.5 cm³/mol. The number of carbonyl (C=O) groups is 1. The number of aryl methyl sites for hydroxylation is 1. The molecule has 96 valence electrons. The van der Waals surface area contributed by atoms with Crippen LogP contribution >= 0.6 is 11.3 Å². The highest BCUT2D eigenvalue weighted by molar-refractivity contribution is 7.13. The maximum Gasteiger partial charge on any atom is 0.345 e. The highest BCUT2D eigenvalue weighted by Crippen LogP contribution is 2.17. The van der Waals surface area contributed by atoms with Crippen molar-refractivity contribution in [2.45, 2.75) is 19.5 Å². The Labute approximate surface area is 108 Å². The van der Waals surface area contributed by atoms with E-state index in [0.717, 1.165) is 10.7 Å². The first-order valence-electron chi connectivity index (χ1n) is 5.47. The molecule has 0 aromatic carbocycles. The zero-order chi connectivity index (χ0) is 13.1. The van der Waals surface area contributed by atoms with Gasteiger partial charge in [-0.2, -0.15) is 0 Å². The van der Waals surface area contributed by atoms with Gasteiger partial charge < -0.3 is 15.0 Å². The van der Waals surface area contributed by atoms with E-state index in [9.17, 15) is 4.79 Å². The number of nitrogens with one attached hydrogen (secondary N) is 1. The smallest absolute Gasteiger partial charge is 0.345 e. The van der Waals surface area contributed by atoms with Gasteiger partial charge in [0.15, 0.2) is 0 Å². The Morgan fingerprint density at radius 2 is 2.39 bits per heavy atom. The van der Waals surface area contributed by atoms with Crippen molar-refractivity contribution < 1.29 is 9.90 Å². The molecule has 1 atom stereocenters. The molecule has 0 bridgehead atoms. The normalized spacial score (nSPS) is 12.6. The van der Waals surface area contributed by atoms with Crippen molar-refractivity contribution in [2.75, 3.05) is 0 Å². The lowest BCUT2D eigenvalue weighted by Crippen LogP contribution is -2.20. The molecule has 0 aliphatic rings. The van der Waals surface area contributed by atoms with Gasteiger partial charge in [0.2, 0.25) is 0 Å². The highest BCUT2D eigenvalue weighted by Gasteiger charge is 2.12. The molecule has 0 amide bonds. The number of carboxylic acid groups (broad SMARTS) is 1. The van der Waals surface area contributed by atoms with Gasteiger partial charge >= 0.3 is 5.97 Å². The zero-order valence-electron chi connectivity index (χ0n) is 10.1. The first-order chi connectivity index (χ1) is 8.58. The van der Waals surface area contributed by atoms with Crippen molar-refractivity contribution in [3.8, 4) is 0 Å². The molecule has 2 rings (SSSR count). The van der Waals surface area contributed by atoms with Gasteiger partial charge in [0, 0.05) is 18.5 Å². The summed E-state index contributed by atoms with van der Waals surface area (Å²) in [4.78, 5) is 12.1. The van der Waals surface area contributed by atoms with Gasteiger partial charge in [-0.05, 0) is 19.1 Å². The summed E-state index contributed by atoms with van der Waals surface area (Å²) in [5.41, 5.74) is 0. The summed E-state index contributed by atoms with van der Waals surface area (Å²) >= 11 is 1.28. The summed E-state index contributed by atoms with van der Waals surface area (Å²) < 4.78 is 1.86. The number of aromatic nitrogens is 3. The van der Waals surface area contributed by atoms with Gasteiger partial charge in [0.05, 0.1) is 6.04 Å². The standard InChI is InChI=1S/C11H14N4O2S/c1-7(10-14-13-6-15(10)2)12-5-8-3-4-9(18-8)11(16)17/h3-4,6-7,12H,5H2,1-2H3,(H,16,17). The second-order valence-electron chi connectivity index (χ2n) is 3.97. The van der Waals surface area contributed by atoms with Crippen molar-refractivity contribution in [3.05, 3.63) is 34.0 Å². The third-order valence-corrected chi connectivity index (χ3v) is 3.66. The van der Waals surface area contributed by atoms with E-state index in [-0.39, 0.29) is 6.04 Å². The SMILES string of the molecule is CC(NCc1ccc(C(=O)O)s1)c1nncn1C. The minimum Gasteiger partial charge on any atom is -0.477 e. The van der Waals surface area contributed by atoms with Crippen molar-refractivity contribution >= 4 is 17.3 Å². The molecule has 2 aromatic heterocycles. The monoisotopic (exact) mass is 266 g/mol. The third-order valence-electron chi connectivity index (χ3n) is 2.59. The van der Waals surface area contributed by atoms with Crippen LogP contribution in [0.5, 0.6) is 0 Å². The minimum absolute atomic E-state index is 0.0629. The van der Waals surface area contributed by atoms with Crippen LogP contribution in [0.25, 0.3) is 0 Å². The van der Waals surface area contributed by atoms with Crippen LogP contribution in [0.1, 0.15) is 33.3 Å². The number of hydrogen-bond donors (Lipinski definition) is 2. The van der Waals surface area contributed by atoms with Gasteiger partial charge in [-0.25, -0.2) is 4.79 Å². The topological polar surface area (TPSA) is 80.0 Å². The van der Waals surface area contributed by atoms with E-state index in [1.54, 1.807) is 12.4 Å². The molecular weight excluding hydrogens is 252 g/mol. The second kappa shape index (κ2) is 5.28. The molecule has 1 unspecified atom stereocenters. The number of carboxylic acids is 1. The van der Waals surface area contributed by atoms with Gasteiger partial charge in [0.25, 0.3) is 0 Å². The Morgan fingerprint density at radius 3 is 2.94 bits per heavy atom. The molecule has 0 saturated carbocycles. The van der Waals surface area contributed by atoms with Gasteiger partial charge in [-0.1, -0.05) is 0 Å². The number of nitrogens with zero attached hydrogens (tertiary/aromatic N) is 3. The maximum absolute atomic E-state index is 10.8. The average molecular weight is 266 g/mol. The summed E-state index contributed by atoms with van der Waals surface area (Å²) in [6.45, 7) is 2.61. The van der Waals surface area contributed by atoms with Crippen LogP contribution in [-0.4, -0.2) is 25.8 Å². The van der Waals surface area contributed by atoms with E-state index in [4.69, 9.17) is 5.11 Å². The van der Waals surface area contributed by atoms with Gasteiger partial charge in [-0.15, -0.1) is 21.5 Å². The highest BCUT2D eigenvalue weighted by atomic mass is 32.1. The van der Waals surface area contributed by atoms with E-state index >= 15 is 0 Å². The maximum atomic E-state index is 10.8. The molecule has 0 aliphatic heterocycles. The van der Waals surface area contributed by atoms with E-state index in [0.29, 0.717) is 11.4 Å². The Morgan fingerprint density at radius 1 is 1.61 bits per heavy atom. The van der Waals surface area contributed by atoms with Crippen LogP contribution < -0.4 is 5.32 Å². The molecule has 2 aromatic rings. The van der Waals surface area contributed by atoms with Crippen LogP contribution in [0.2, 0.25) is 0 Å². The fraction of sp³-hybridized carbons (Fsp3) is 0.364. The van der Waals surface area contributed by atoms with Gasteiger partial charge in [0.1, 0.15) is 17.0 Å². The van der Waals surface area contributed by atoms with Crippen molar-refractivity contribution in [2.24, 2.45) is 7.05 Å². The molecule has 2 heterocycles. The lowest BCUT2D eigenvalue weighted by molar-refractivity contribution is 0.0702. The number of thiophene rings is 1. The summed E-state index contributed by atoms with van der Waals surface area (Å²) in [5, 5.41) is 20.0. The van der Waals surface area contributed by atoms with Crippen LogP contribution in [0.4, 0.5) is 0 Å².